The van der Waals surface area contributed by atoms with E-state index in [9.17, 15) is 4.79 Å². The normalized spacial score (nSPS) is 10.7. The summed E-state index contributed by atoms with van der Waals surface area (Å²) in [5.41, 5.74) is 1.45. The summed E-state index contributed by atoms with van der Waals surface area (Å²) in [5, 5.41) is 5.39. The highest BCUT2D eigenvalue weighted by Crippen LogP contribution is 2.27. The van der Waals surface area contributed by atoms with Crippen molar-refractivity contribution in [2.75, 3.05) is 6.61 Å². The lowest BCUT2D eigenvalue weighted by molar-refractivity contribution is -0.144. The number of hydrogen-bond acceptors (Lipinski definition) is 5. The highest BCUT2D eigenvalue weighted by atomic mass is 35.5. The van der Waals surface area contributed by atoms with Gasteiger partial charge >= 0.3 is 5.97 Å². The van der Waals surface area contributed by atoms with E-state index in [1.807, 2.05) is 0 Å². The third kappa shape index (κ3) is 4.15. The van der Waals surface area contributed by atoms with E-state index in [0.29, 0.717) is 33.9 Å². The second-order valence-electron chi connectivity index (χ2n) is 5.12. The average molecular weight is 377 g/mol. The maximum atomic E-state index is 11.9. The Morgan fingerprint density at radius 1 is 1.12 bits per heavy atom. The summed E-state index contributed by atoms with van der Waals surface area (Å²) < 4.78 is 6.51. The van der Waals surface area contributed by atoms with Crippen molar-refractivity contribution in [3.05, 3.63) is 52.8 Å². The Bertz CT molecular complexity index is 877. The quantitative estimate of drug-likeness (QED) is 0.632. The molecule has 8 heteroatoms. The number of rotatable bonds is 5. The SMILES string of the molecule is CCOC(=O)Cn1nc(-c2cc(Cl)cc(Cl)c2)nc1-c1ccncc1. The first-order valence-electron chi connectivity index (χ1n) is 7.54. The summed E-state index contributed by atoms with van der Waals surface area (Å²) in [7, 11) is 0. The lowest BCUT2D eigenvalue weighted by atomic mass is 10.2. The minimum atomic E-state index is -0.390. The van der Waals surface area contributed by atoms with Crippen molar-refractivity contribution in [1.82, 2.24) is 19.7 Å². The van der Waals surface area contributed by atoms with E-state index < -0.39 is 5.97 Å². The standard InChI is InChI=1S/C17H14Cl2N4O2/c1-2-25-15(24)10-23-17(11-3-5-20-6-4-11)21-16(22-23)12-7-13(18)9-14(19)8-12/h3-9H,2,10H2,1H3. The van der Waals surface area contributed by atoms with E-state index >= 15 is 0 Å². The maximum absolute atomic E-state index is 11.9. The lowest BCUT2D eigenvalue weighted by Crippen LogP contribution is -2.15. The van der Waals surface area contributed by atoms with Gasteiger partial charge in [0.25, 0.3) is 0 Å². The first-order valence-corrected chi connectivity index (χ1v) is 8.29. The van der Waals surface area contributed by atoms with Crippen LogP contribution in [0, 0.1) is 0 Å². The molecule has 0 atom stereocenters. The molecule has 0 saturated carbocycles. The number of halogens is 2. The van der Waals surface area contributed by atoms with Gasteiger partial charge in [0.15, 0.2) is 11.6 Å². The first-order chi connectivity index (χ1) is 12.1. The smallest absolute Gasteiger partial charge is 0.327 e. The van der Waals surface area contributed by atoms with Crippen molar-refractivity contribution in [2.45, 2.75) is 13.5 Å². The Labute approximate surface area is 154 Å². The first kappa shape index (κ1) is 17.4. The number of hydrogen-bond donors (Lipinski definition) is 0. The average Bonchev–Trinajstić information content (AvgIpc) is 2.99. The topological polar surface area (TPSA) is 69.9 Å². The Morgan fingerprint density at radius 2 is 1.80 bits per heavy atom. The molecule has 0 aliphatic heterocycles. The molecule has 0 aliphatic carbocycles. The number of pyridine rings is 1. The van der Waals surface area contributed by atoms with Crippen LogP contribution in [-0.2, 0) is 16.1 Å². The number of benzene rings is 1. The third-order valence-electron chi connectivity index (χ3n) is 3.32. The van der Waals surface area contributed by atoms with Crippen LogP contribution in [0.3, 0.4) is 0 Å². The van der Waals surface area contributed by atoms with Gasteiger partial charge in [0.1, 0.15) is 6.54 Å². The Kier molecular flexibility index (Phi) is 5.31. The summed E-state index contributed by atoms with van der Waals surface area (Å²) in [4.78, 5) is 20.4. The van der Waals surface area contributed by atoms with Crippen molar-refractivity contribution >= 4 is 29.2 Å². The number of carbonyl (C=O) groups excluding carboxylic acids is 1. The highest BCUT2D eigenvalue weighted by molar-refractivity contribution is 6.35. The van der Waals surface area contributed by atoms with Gasteiger partial charge in [-0.15, -0.1) is 5.10 Å². The highest BCUT2D eigenvalue weighted by Gasteiger charge is 2.17. The van der Waals surface area contributed by atoms with Crippen LogP contribution < -0.4 is 0 Å². The summed E-state index contributed by atoms with van der Waals surface area (Å²) in [6.45, 7) is 2.00. The number of esters is 1. The Balaban J connectivity index is 2.06. The van der Waals surface area contributed by atoms with Crippen LogP contribution in [0.2, 0.25) is 10.0 Å². The van der Waals surface area contributed by atoms with Crippen molar-refractivity contribution < 1.29 is 9.53 Å². The van der Waals surface area contributed by atoms with E-state index in [2.05, 4.69) is 15.1 Å². The minimum absolute atomic E-state index is 0.0488. The van der Waals surface area contributed by atoms with Gasteiger partial charge in [-0.2, -0.15) is 0 Å². The molecule has 0 N–H and O–H groups in total. The number of ether oxygens (including phenoxy) is 1. The molecule has 6 nitrogen and oxygen atoms in total. The fourth-order valence-corrected chi connectivity index (χ4v) is 2.83. The molecule has 2 heterocycles. The maximum Gasteiger partial charge on any atom is 0.327 e. The molecule has 0 saturated heterocycles. The Morgan fingerprint density at radius 3 is 2.44 bits per heavy atom. The molecule has 128 valence electrons. The van der Waals surface area contributed by atoms with Crippen LogP contribution in [0.5, 0.6) is 0 Å². The largest absolute Gasteiger partial charge is 0.465 e. The molecule has 0 bridgehead atoms. The predicted molar refractivity (Wildman–Crippen MR) is 95.3 cm³/mol. The van der Waals surface area contributed by atoms with Crippen LogP contribution in [-0.4, -0.2) is 32.3 Å². The van der Waals surface area contributed by atoms with E-state index in [-0.39, 0.29) is 6.54 Å². The van der Waals surface area contributed by atoms with Gasteiger partial charge in [-0.3, -0.25) is 9.78 Å². The van der Waals surface area contributed by atoms with E-state index in [0.717, 1.165) is 5.56 Å². The van der Waals surface area contributed by atoms with Crippen LogP contribution >= 0.6 is 23.2 Å². The molecule has 0 radical (unpaired) electrons. The molecule has 0 amide bonds. The molecule has 0 unspecified atom stereocenters. The number of nitrogens with zero attached hydrogens (tertiary/aromatic N) is 4. The van der Waals surface area contributed by atoms with Gasteiger partial charge in [-0.25, -0.2) is 9.67 Å². The van der Waals surface area contributed by atoms with Crippen LogP contribution in [0.25, 0.3) is 22.8 Å². The van der Waals surface area contributed by atoms with E-state index in [1.54, 1.807) is 49.6 Å². The molecular formula is C17H14Cl2N4O2. The van der Waals surface area contributed by atoms with Gasteiger partial charge < -0.3 is 4.74 Å². The van der Waals surface area contributed by atoms with Crippen molar-refractivity contribution in [2.24, 2.45) is 0 Å². The predicted octanol–water partition coefficient (Wildman–Crippen LogP) is 3.88. The molecule has 0 spiro atoms. The van der Waals surface area contributed by atoms with Gasteiger partial charge in [0.05, 0.1) is 6.61 Å². The van der Waals surface area contributed by atoms with Gasteiger partial charge in [-0.05, 0) is 37.3 Å². The summed E-state index contributed by atoms with van der Waals surface area (Å²) in [6.07, 6.45) is 3.29. The Hall–Kier alpha value is -2.44. The summed E-state index contributed by atoms with van der Waals surface area (Å²) >= 11 is 12.1. The van der Waals surface area contributed by atoms with Crippen LogP contribution in [0.15, 0.2) is 42.7 Å². The zero-order valence-corrected chi connectivity index (χ0v) is 14.8. The molecule has 2 aromatic heterocycles. The minimum Gasteiger partial charge on any atom is -0.465 e. The van der Waals surface area contributed by atoms with E-state index in [1.165, 1.54) is 4.68 Å². The number of aromatic nitrogens is 4. The third-order valence-corrected chi connectivity index (χ3v) is 3.75. The second-order valence-corrected chi connectivity index (χ2v) is 5.99. The molecule has 3 rings (SSSR count). The monoisotopic (exact) mass is 376 g/mol. The zero-order valence-electron chi connectivity index (χ0n) is 13.3. The molecule has 0 aliphatic rings. The molecule has 25 heavy (non-hydrogen) atoms. The summed E-state index contributed by atoms with van der Waals surface area (Å²) in [6, 6.07) is 8.65. The van der Waals surface area contributed by atoms with Gasteiger partial charge in [0.2, 0.25) is 0 Å². The van der Waals surface area contributed by atoms with Crippen molar-refractivity contribution in [1.29, 1.82) is 0 Å². The van der Waals surface area contributed by atoms with Crippen molar-refractivity contribution in [3.63, 3.8) is 0 Å². The molecule has 1 aromatic carbocycles. The van der Waals surface area contributed by atoms with Gasteiger partial charge in [-0.1, -0.05) is 23.2 Å². The summed E-state index contributed by atoms with van der Waals surface area (Å²) in [5.74, 6) is 0.556. The number of carbonyl (C=O) groups is 1. The second kappa shape index (κ2) is 7.63. The van der Waals surface area contributed by atoms with Crippen LogP contribution in [0.4, 0.5) is 0 Å². The van der Waals surface area contributed by atoms with Gasteiger partial charge in [0, 0.05) is 33.6 Å². The lowest BCUT2D eigenvalue weighted by Gasteiger charge is -2.05. The van der Waals surface area contributed by atoms with E-state index in [4.69, 9.17) is 27.9 Å². The van der Waals surface area contributed by atoms with Crippen LogP contribution in [0.1, 0.15) is 6.92 Å². The fourth-order valence-electron chi connectivity index (χ4n) is 2.30. The van der Waals surface area contributed by atoms with Crippen molar-refractivity contribution in [3.8, 4) is 22.8 Å². The fraction of sp³-hybridized carbons (Fsp3) is 0.176. The molecular weight excluding hydrogens is 363 g/mol. The zero-order chi connectivity index (χ0) is 17.8. The molecule has 3 aromatic rings. The molecule has 0 fully saturated rings.